The molecule has 0 aliphatic heterocycles. The van der Waals surface area contributed by atoms with Gasteiger partial charge in [0.15, 0.2) is 0 Å². The van der Waals surface area contributed by atoms with Gasteiger partial charge in [-0.1, -0.05) is 30.3 Å². The van der Waals surface area contributed by atoms with Gasteiger partial charge in [-0.2, -0.15) is 0 Å². The van der Waals surface area contributed by atoms with E-state index in [9.17, 15) is 0 Å². The van der Waals surface area contributed by atoms with Gasteiger partial charge in [0.1, 0.15) is 17.4 Å². The second kappa shape index (κ2) is 7.56. The fourth-order valence-electron chi connectivity index (χ4n) is 4.55. The molecule has 0 spiro atoms. The van der Waals surface area contributed by atoms with Crippen LogP contribution in [-0.4, -0.2) is 37.0 Å². The number of nitrogens with zero attached hydrogens (tertiary/aromatic N) is 3. The Labute approximate surface area is 199 Å². The highest BCUT2D eigenvalue weighted by Gasteiger charge is 2.14. The Morgan fingerprint density at radius 1 is 0.629 bits per heavy atom. The van der Waals surface area contributed by atoms with E-state index in [0.29, 0.717) is 0 Å². The van der Waals surface area contributed by atoms with Crippen LogP contribution in [0.2, 0.25) is 0 Å². The molecule has 0 saturated carbocycles. The largest absolute Gasteiger partial charge is 0.496 e. The molecule has 3 N–H and O–H groups in total. The van der Waals surface area contributed by atoms with E-state index in [1.54, 1.807) is 13.4 Å². The summed E-state index contributed by atoms with van der Waals surface area (Å²) in [6, 6.07) is 26.5. The van der Waals surface area contributed by atoms with Gasteiger partial charge in [0.25, 0.3) is 0 Å². The van der Waals surface area contributed by atoms with Crippen molar-refractivity contribution in [1.82, 2.24) is 29.9 Å². The summed E-state index contributed by atoms with van der Waals surface area (Å²) >= 11 is 0. The minimum Gasteiger partial charge on any atom is -0.496 e. The Morgan fingerprint density at radius 3 is 2.09 bits per heavy atom. The normalized spacial score (nSPS) is 11.6. The number of nitrogens with one attached hydrogen (secondary N) is 3. The first-order valence-corrected chi connectivity index (χ1v) is 11.3. The molecule has 0 aliphatic carbocycles. The summed E-state index contributed by atoms with van der Waals surface area (Å²) in [7, 11) is 1.69. The molecule has 0 fully saturated rings. The van der Waals surface area contributed by atoms with Gasteiger partial charge in [-0.05, 0) is 48.0 Å². The third-order valence-electron chi connectivity index (χ3n) is 6.34. The van der Waals surface area contributed by atoms with E-state index in [4.69, 9.17) is 14.7 Å². The molecule has 35 heavy (non-hydrogen) atoms. The Balaban J connectivity index is 1.30. The first-order chi connectivity index (χ1) is 17.2. The van der Waals surface area contributed by atoms with Crippen molar-refractivity contribution in [3.8, 4) is 39.7 Å². The summed E-state index contributed by atoms with van der Waals surface area (Å²) in [5, 5.41) is 0. The number of fused-ring (bicyclic) bond motifs is 3. The molecule has 0 atom stereocenters. The van der Waals surface area contributed by atoms with Crippen LogP contribution in [0.4, 0.5) is 0 Å². The fraction of sp³-hybridized carbons (Fsp3) is 0.0357. The molecule has 7 rings (SSSR count). The smallest absolute Gasteiger partial charge is 0.138 e. The summed E-state index contributed by atoms with van der Waals surface area (Å²) in [5.41, 5.74) is 9.63. The lowest BCUT2D eigenvalue weighted by Gasteiger charge is -2.08. The molecule has 0 bridgehead atoms. The molecule has 0 saturated heterocycles. The molecule has 0 radical (unpaired) electrons. The van der Waals surface area contributed by atoms with E-state index >= 15 is 0 Å². The molecular formula is C28H20N6O. The monoisotopic (exact) mass is 456 g/mol. The van der Waals surface area contributed by atoms with Crippen LogP contribution in [-0.2, 0) is 0 Å². The number of rotatable bonds is 4. The van der Waals surface area contributed by atoms with Crippen LogP contribution in [0, 0.1) is 0 Å². The minimum absolute atomic E-state index is 0.789. The van der Waals surface area contributed by atoms with Crippen molar-refractivity contribution in [2.75, 3.05) is 7.11 Å². The van der Waals surface area contributed by atoms with Gasteiger partial charge in [0.2, 0.25) is 0 Å². The Morgan fingerprint density at radius 2 is 1.31 bits per heavy atom. The number of methoxy groups -OCH3 is 1. The number of hydrogen-bond donors (Lipinski definition) is 3. The van der Waals surface area contributed by atoms with Crippen molar-refractivity contribution in [3.63, 3.8) is 0 Å². The quantitative estimate of drug-likeness (QED) is 0.289. The van der Waals surface area contributed by atoms with Crippen molar-refractivity contribution in [3.05, 3.63) is 85.2 Å². The van der Waals surface area contributed by atoms with Crippen molar-refractivity contribution in [2.45, 2.75) is 0 Å². The van der Waals surface area contributed by atoms with Gasteiger partial charge in [-0.3, -0.25) is 0 Å². The summed E-state index contributed by atoms with van der Waals surface area (Å²) < 4.78 is 5.68. The number of aromatic amines is 3. The van der Waals surface area contributed by atoms with Gasteiger partial charge < -0.3 is 19.7 Å². The number of benzene rings is 4. The number of ether oxygens (including phenoxy) is 1. The number of H-pyrrole nitrogens is 3. The van der Waals surface area contributed by atoms with E-state index in [0.717, 1.165) is 72.8 Å². The Hall–Kier alpha value is -4.91. The highest BCUT2D eigenvalue weighted by atomic mass is 16.5. The van der Waals surface area contributed by atoms with Crippen LogP contribution >= 0.6 is 0 Å². The van der Waals surface area contributed by atoms with Crippen molar-refractivity contribution in [1.29, 1.82) is 0 Å². The first-order valence-electron chi connectivity index (χ1n) is 11.3. The number of hydrogen-bond acceptors (Lipinski definition) is 4. The summed E-state index contributed by atoms with van der Waals surface area (Å²) in [4.78, 5) is 24.1. The summed E-state index contributed by atoms with van der Waals surface area (Å²) in [6.07, 6.45) is 1.70. The lowest BCUT2D eigenvalue weighted by atomic mass is 10.0. The van der Waals surface area contributed by atoms with Crippen LogP contribution in [0.15, 0.2) is 85.2 Å². The van der Waals surface area contributed by atoms with Gasteiger partial charge in [-0.25, -0.2) is 15.0 Å². The highest BCUT2D eigenvalue weighted by molar-refractivity contribution is 5.90. The predicted octanol–water partition coefficient (Wildman–Crippen LogP) is 6.33. The second-order valence-corrected chi connectivity index (χ2v) is 8.47. The molecular weight excluding hydrogens is 436 g/mol. The maximum absolute atomic E-state index is 5.68. The molecule has 0 amide bonds. The Bertz CT molecular complexity index is 1840. The topological polar surface area (TPSA) is 95.3 Å². The van der Waals surface area contributed by atoms with Gasteiger partial charge >= 0.3 is 0 Å². The standard InChI is InChI=1S/C28H20N6O/c1-35-26-14-25-24(13-19(26)16-5-3-2-4-6-16)33-28(34-25)18-8-10-21-23(12-18)32-27(31-21)17-7-9-20-22(11-17)30-15-29-20/h2-15H,1H3,(H,29,30)(H,31,32)(H,33,34). The zero-order valence-electron chi connectivity index (χ0n) is 18.8. The average Bonchev–Trinajstić information content (AvgIpc) is 3.64. The summed E-state index contributed by atoms with van der Waals surface area (Å²) in [6.45, 7) is 0. The minimum atomic E-state index is 0.789. The molecule has 3 aromatic heterocycles. The third-order valence-corrected chi connectivity index (χ3v) is 6.34. The van der Waals surface area contributed by atoms with Crippen molar-refractivity contribution in [2.24, 2.45) is 0 Å². The zero-order chi connectivity index (χ0) is 23.4. The number of aromatic nitrogens is 6. The predicted molar refractivity (Wildman–Crippen MR) is 138 cm³/mol. The highest BCUT2D eigenvalue weighted by Crippen LogP contribution is 2.35. The van der Waals surface area contributed by atoms with E-state index in [1.807, 2.05) is 54.6 Å². The van der Waals surface area contributed by atoms with Gasteiger partial charge in [0.05, 0.1) is 46.5 Å². The van der Waals surface area contributed by atoms with Crippen LogP contribution in [0.3, 0.4) is 0 Å². The SMILES string of the molecule is COc1cc2[nH]c(-c3ccc4[nH]c(-c5ccc6[nH]cnc6c5)nc4c3)nc2cc1-c1ccccc1. The zero-order valence-corrected chi connectivity index (χ0v) is 18.8. The van der Waals surface area contributed by atoms with Crippen LogP contribution in [0.5, 0.6) is 5.75 Å². The van der Waals surface area contributed by atoms with Crippen LogP contribution in [0.1, 0.15) is 0 Å². The third kappa shape index (κ3) is 3.25. The van der Waals surface area contributed by atoms with Crippen LogP contribution in [0.25, 0.3) is 67.0 Å². The molecule has 7 heteroatoms. The Kier molecular flexibility index (Phi) is 4.22. The lowest BCUT2D eigenvalue weighted by Crippen LogP contribution is -1.88. The first kappa shape index (κ1) is 19.5. The fourth-order valence-corrected chi connectivity index (χ4v) is 4.55. The average molecular weight is 457 g/mol. The summed E-state index contributed by atoms with van der Waals surface area (Å²) in [5.74, 6) is 2.40. The molecule has 0 unspecified atom stereocenters. The van der Waals surface area contributed by atoms with E-state index in [1.165, 1.54) is 0 Å². The van der Waals surface area contributed by atoms with Crippen molar-refractivity contribution >= 4 is 33.1 Å². The van der Waals surface area contributed by atoms with Crippen LogP contribution < -0.4 is 4.74 Å². The van der Waals surface area contributed by atoms with Gasteiger partial charge in [0, 0.05) is 22.8 Å². The molecule has 0 aliphatic rings. The van der Waals surface area contributed by atoms with E-state index in [2.05, 4.69) is 44.2 Å². The molecule has 3 heterocycles. The molecule has 168 valence electrons. The van der Waals surface area contributed by atoms with E-state index in [-0.39, 0.29) is 0 Å². The second-order valence-electron chi connectivity index (χ2n) is 8.47. The number of imidazole rings is 3. The van der Waals surface area contributed by atoms with Crippen molar-refractivity contribution < 1.29 is 4.74 Å². The molecule has 7 aromatic rings. The molecule has 7 nitrogen and oxygen atoms in total. The lowest BCUT2D eigenvalue weighted by molar-refractivity contribution is 0.417. The maximum Gasteiger partial charge on any atom is 0.138 e. The molecule has 4 aromatic carbocycles. The van der Waals surface area contributed by atoms with E-state index < -0.39 is 0 Å². The van der Waals surface area contributed by atoms with Gasteiger partial charge in [-0.15, -0.1) is 0 Å². The maximum atomic E-state index is 5.68.